The van der Waals surface area contributed by atoms with Gasteiger partial charge < -0.3 is 9.88 Å². The van der Waals surface area contributed by atoms with Crippen LogP contribution in [0.4, 0.5) is 0 Å². The van der Waals surface area contributed by atoms with Crippen molar-refractivity contribution in [2.75, 3.05) is 0 Å². The number of hydrogen-bond donors (Lipinski definition) is 1. The van der Waals surface area contributed by atoms with Crippen LogP contribution >= 0.6 is 15.9 Å². The Balaban J connectivity index is 2.02. The normalized spacial score (nSPS) is 12.2. The number of carbonyl (C=O) groups excluding carboxylic acids is 1. The van der Waals surface area contributed by atoms with Gasteiger partial charge in [-0.1, -0.05) is 22.0 Å². The van der Waals surface area contributed by atoms with Crippen LogP contribution in [0, 0.1) is 6.92 Å². The quantitative estimate of drug-likeness (QED) is 0.941. The van der Waals surface area contributed by atoms with Gasteiger partial charge >= 0.3 is 0 Å². The Morgan fingerprint density at radius 1 is 1.53 bits per heavy atom. The van der Waals surface area contributed by atoms with Crippen molar-refractivity contribution in [3.05, 3.63) is 52.5 Å². The van der Waals surface area contributed by atoms with Gasteiger partial charge in [0, 0.05) is 35.0 Å². The molecule has 5 heteroatoms. The third kappa shape index (κ3) is 3.44. The summed E-state index contributed by atoms with van der Waals surface area (Å²) in [5, 5.41) is 2.99. The number of imidazole rings is 1. The Labute approximate surface area is 121 Å². The van der Waals surface area contributed by atoms with Gasteiger partial charge in [-0.05, 0) is 31.5 Å². The van der Waals surface area contributed by atoms with Crippen molar-refractivity contribution in [2.45, 2.75) is 26.4 Å². The van der Waals surface area contributed by atoms with E-state index >= 15 is 0 Å². The summed E-state index contributed by atoms with van der Waals surface area (Å²) in [6, 6.07) is 5.67. The molecule has 1 aromatic carbocycles. The van der Waals surface area contributed by atoms with Crippen LogP contribution in [0.2, 0.25) is 0 Å². The second-order valence-corrected chi connectivity index (χ2v) is 5.40. The number of rotatable bonds is 4. The first-order valence-electron chi connectivity index (χ1n) is 6.09. The minimum Gasteiger partial charge on any atom is -0.348 e. The lowest BCUT2D eigenvalue weighted by atomic mass is 10.1. The van der Waals surface area contributed by atoms with Crippen LogP contribution in [-0.2, 0) is 6.54 Å². The maximum absolute atomic E-state index is 12.2. The molecule has 0 fully saturated rings. The lowest BCUT2D eigenvalue weighted by Gasteiger charge is -2.15. The van der Waals surface area contributed by atoms with Crippen LogP contribution < -0.4 is 5.32 Å². The molecule has 2 rings (SSSR count). The molecular weight excluding hydrogens is 306 g/mol. The summed E-state index contributed by atoms with van der Waals surface area (Å²) >= 11 is 3.44. The summed E-state index contributed by atoms with van der Waals surface area (Å²) in [5.74, 6) is -0.0496. The van der Waals surface area contributed by atoms with Crippen LogP contribution in [0.25, 0.3) is 0 Å². The Morgan fingerprint density at radius 3 is 3.00 bits per heavy atom. The first-order valence-corrected chi connectivity index (χ1v) is 6.89. The summed E-state index contributed by atoms with van der Waals surface area (Å²) in [6.45, 7) is 4.61. The van der Waals surface area contributed by atoms with Crippen LogP contribution in [0.1, 0.15) is 22.8 Å². The van der Waals surface area contributed by atoms with E-state index in [4.69, 9.17) is 0 Å². The third-order valence-corrected chi connectivity index (χ3v) is 3.79. The van der Waals surface area contributed by atoms with E-state index in [0.717, 1.165) is 10.0 Å². The number of halogens is 1. The molecule has 0 radical (unpaired) electrons. The molecule has 4 nitrogen and oxygen atoms in total. The molecule has 1 unspecified atom stereocenters. The Bertz CT molecular complexity index is 566. The first kappa shape index (κ1) is 13.8. The first-order chi connectivity index (χ1) is 9.08. The third-order valence-electron chi connectivity index (χ3n) is 2.93. The fourth-order valence-corrected chi connectivity index (χ4v) is 2.28. The number of nitrogens with one attached hydrogen (secondary N) is 1. The SMILES string of the molecule is Cc1c(Br)cccc1C(=O)NC(C)Cn1ccnc1. The van der Waals surface area contributed by atoms with Crippen molar-refractivity contribution >= 4 is 21.8 Å². The fraction of sp³-hybridized carbons (Fsp3) is 0.286. The molecule has 0 aliphatic carbocycles. The van der Waals surface area contributed by atoms with Gasteiger partial charge in [0.1, 0.15) is 0 Å². The molecular formula is C14H16BrN3O. The molecule has 0 saturated heterocycles. The highest BCUT2D eigenvalue weighted by molar-refractivity contribution is 9.10. The molecule has 1 amide bonds. The molecule has 1 atom stereocenters. The molecule has 1 heterocycles. The monoisotopic (exact) mass is 321 g/mol. The smallest absolute Gasteiger partial charge is 0.251 e. The van der Waals surface area contributed by atoms with Crippen LogP contribution in [0.15, 0.2) is 41.4 Å². The van der Waals surface area contributed by atoms with Crippen molar-refractivity contribution in [1.82, 2.24) is 14.9 Å². The summed E-state index contributed by atoms with van der Waals surface area (Å²) in [4.78, 5) is 16.2. The standard InChI is InChI=1S/C14H16BrN3O/c1-10(8-18-7-6-16-9-18)17-14(19)12-4-3-5-13(15)11(12)2/h3-7,9-10H,8H2,1-2H3,(H,17,19). The maximum atomic E-state index is 12.2. The molecule has 1 aromatic heterocycles. The minimum absolute atomic E-state index is 0.0417. The van der Waals surface area contributed by atoms with Gasteiger partial charge in [0.25, 0.3) is 5.91 Å². The summed E-state index contributed by atoms with van der Waals surface area (Å²) in [5.41, 5.74) is 1.65. The number of aromatic nitrogens is 2. The molecule has 0 saturated carbocycles. The molecule has 0 aliphatic rings. The van der Waals surface area contributed by atoms with E-state index in [9.17, 15) is 4.79 Å². The van der Waals surface area contributed by atoms with Crippen molar-refractivity contribution in [3.63, 3.8) is 0 Å². The topological polar surface area (TPSA) is 46.9 Å². The van der Waals surface area contributed by atoms with Crippen LogP contribution in [-0.4, -0.2) is 21.5 Å². The number of benzene rings is 1. The number of hydrogen-bond acceptors (Lipinski definition) is 2. The second kappa shape index (κ2) is 6.02. The highest BCUT2D eigenvalue weighted by atomic mass is 79.9. The lowest BCUT2D eigenvalue weighted by Crippen LogP contribution is -2.35. The zero-order chi connectivity index (χ0) is 13.8. The maximum Gasteiger partial charge on any atom is 0.251 e. The molecule has 100 valence electrons. The zero-order valence-electron chi connectivity index (χ0n) is 10.9. The second-order valence-electron chi connectivity index (χ2n) is 4.55. The van der Waals surface area contributed by atoms with E-state index in [1.165, 1.54) is 0 Å². The lowest BCUT2D eigenvalue weighted by molar-refractivity contribution is 0.0936. The summed E-state index contributed by atoms with van der Waals surface area (Å²) < 4.78 is 2.89. The number of carbonyl (C=O) groups is 1. The molecule has 1 N–H and O–H groups in total. The minimum atomic E-state index is -0.0496. The Morgan fingerprint density at radius 2 is 2.32 bits per heavy atom. The van der Waals surface area contributed by atoms with E-state index < -0.39 is 0 Å². The van der Waals surface area contributed by atoms with Gasteiger partial charge in [-0.15, -0.1) is 0 Å². The van der Waals surface area contributed by atoms with Gasteiger partial charge in [-0.25, -0.2) is 4.98 Å². The van der Waals surface area contributed by atoms with E-state index in [-0.39, 0.29) is 11.9 Å². The van der Waals surface area contributed by atoms with Crippen molar-refractivity contribution in [3.8, 4) is 0 Å². The molecule has 0 bridgehead atoms. The number of nitrogens with zero attached hydrogens (tertiary/aromatic N) is 2. The van der Waals surface area contributed by atoms with Crippen LogP contribution in [0.5, 0.6) is 0 Å². The highest BCUT2D eigenvalue weighted by Crippen LogP contribution is 2.19. The largest absolute Gasteiger partial charge is 0.348 e. The predicted octanol–water partition coefficient (Wildman–Crippen LogP) is 2.77. The fourth-order valence-electron chi connectivity index (χ4n) is 1.91. The Hall–Kier alpha value is -1.62. The van der Waals surface area contributed by atoms with Gasteiger partial charge in [-0.3, -0.25) is 4.79 Å². The van der Waals surface area contributed by atoms with Crippen LogP contribution in [0.3, 0.4) is 0 Å². The van der Waals surface area contributed by atoms with Gasteiger partial charge in [0.2, 0.25) is 0 Å². The van der Waals surface area contributed by atoms with E-state index in [0.29, 0.717) is 12.1 Å². The zero-order valence-corrected chi connectivity index (χ0v) is 12.5. The predicted molar refractivity (Wildman–Crippen MR) is 78.0 cm³/mol. The van der Waals surface area contributed by atoms with E-state index in [2.05, 4.69) is 26.2 Å². The average molecular weight is 322 g/mol. The van der Waals surface area contributed by atoms with Crippen molar-refractivity contribution in [2.24, 2.45) is 0 Å². The molecule has 2 aromatic rings. The average Bonchev–Trinajstić information content (AvgIpc) is 2.85. The van der Waals surface area contributed by atoms with Crippen molar-refractivity contribution < 1.29 is 4.79 Å². The van der Waals surface area contributed by atoms with Gasteiger partial charge in [0.05, 0.1) is 6.33 Å². The Kier molecular flexibility index (Phi) is 4.37. The highest BCUT2D eigenvalue weighted by Gasteiger charge is 2.13. The summed E-state index contributed by atoms with van der Waals surface area (Å²) in [6.07, 6.45) is 5.35. The van der Waals surface area contributed by atoms with Crippen molar-refractivity contribution in [1.29, 1.82) is 0 Å². The molecule has 0 spiro atoms. The van der Waals surface area contributed by atoms with E-state index in [1.54, 1.807) is 12.5 Å². The summed E-state index contributed by atoms with van der Waals surface area (Å²) in [7, 11) is 0. The molecule has 0 aliphatic heterocycles. The number of amides is 1. The van der Waals surface area contributed by atoms with Gasteiger partial charge in [0.15, 0.2) is 0 Å². The van der Waals surface area contributed by atoms with E-state index in [1.807, 2.05) is 42.8 Å². The molecule has 19 heavy (non-hydrogen) atoms. The van der Waals surface area contributed by atoms with Gasteiger partial charge in [-0.2, -0.15) is 0 Å².